The van der Waals surface area contributed by atoms with E-state index < -0.39 is 16.0 Å². The Hall–Kier alpha value is -1.44. The Morgan fingerprint density at radius 3 is 2.50 bits per heavy atom. The number of carboxylic acid groups (broad SMARTS) is 1. The molecular formula is C13H20N2O4S. The summed E-state index contributed by atoms with van der Waals surface area (Å²) in [4.78, 5) is 12.9. The van der Waals surface area contributed by atoms with Crippen LogP contribution in [-0.2, 0) is 16.4 Å². The van der Waals surface area contributed by atoms with Gasteiger partial charge >= 0.3 is 5.97 Å². The Morgan fingerprint density at radius 1 is 1.35 bits per heavy atom. The lowest BCUT2D eigenvalue weighted by Gasteiger charge is -2.13. The number of hydrogen-bond acceptors (Lipinski definition) is 4. The Balaban J connectivity index is 3.08. The molecule has 20 heavy (non-hydrogen) atoms. The molecule has 1 aromatic rings. The van der Waals surface area contributed by atoms with Gasteiger partial charge in [-0.2, -0.15) is 0 Å². The van der Waals surface area contributed by atoms with Crippen LogP contribution in [0.3, 0.4) is 0 Å². The molecule has 0 unspecified atom stereocenters. The second-order valence-corrected chi connectivity index (χ2v) is 6.42. The molecule has 7 heteroatoms. The molecule has 1 rings (SSSR count). The molecule has 0 fully saturated rings. The van der Waals surface area contributed by atoms with Crippen LogP contribution in [0.5, 0.6) is 0 Å². The maximum Gasteiger partial charge on any atom is 0.335 e. The summed E-state index contributed by atoms with van der Waals surface area (Å²) in [6.07, 6.45) is 0.518. The Labute approximate surface area is 119 Å². The van der Waals surface area contributed by atoms with Crippen molar-refractivity contribution in [2.75, 3.05) is 27.2 Å². The number of nitrogens with one attached hydrogen (secondary N) is 1. The normalized spacial score (nSPS) is 11.8. The maximum atomic E-state index is 12.2. The van der Waals surface area contributed by atoms with Gasteiger partial charge in [-0.1, -0.05) is 13.0 Å². The Kier molecular flexibility index (Phi) is 5.67. The van der Waals surface area contributed by atoms with Gasteiger partial charge in [-0.15, -0.1) is 0 Å². The van der Waals surface area contributed by atoms with Crippen molar-refractivity contribution in [2.45, 2.75) is 18.2 Å². The predicted octanol–water partition coefficient (Wildman–Crippen LogP) is 0.787. The molecule has 0 radical (unpaired) electrons. The second-order valence-electron chi connectivity index (χ2n) is 4.68. The lowest BCUT2D eigenvalue weighted by Crippen LogP contribution is -2.32. The predicted molar refractivity (Wildman–Crippen MR) is 76.5 cm³/mol. The van der Waals surface area contributed by atoms with Crippen molar-refractivity contribution < 1.29 is 18.3 Å². The summed E-state index contributed by atoms with van der Waals surface area (Å²) in [5.74, 6) is -1.14. The third-order valence-corrected chi connectivity index (χ3v) is 4.38. The van der Waals surface area contributed by atoms with Crippen LogP contribution in [0.15, 0.2) is 23.1 Å². The lowest BCUT2D eigenvalue weighted by atomic mass is 10.1. The molecule has 0 saturated carbocycles. The van der Waals surface area contributed by atoms with E-state index in [1.165, 1.54) is 12.1 Å². The average Bonchev–Trinajstić information content (AvgIpc) is 2.37. The van der Waals surface area contributed by atoms with Crippen molar-refractivity contribution in [1.29, 1.82) is 0 Å². The first kappa shape index (κ1) is 16.6. The molecule has 0 aromatic heterocycles. The van der Waals surface area contributed by atoms with Crippen molar-refractivity contribution in [3.8, 4) is 0 Å². The highest BCUT2D eigenvalue weighted by atomic mass is 32.2. The number of hydrogen-bond donors (Lipinski definition) is 2. The van der Waals surface area contributed by atoms with Gasteiger partial charge in [-0.3, -0.25) is 0 Å². The van der Waals surface area contributed by atoms with Gasteiger partial charge in [-0.05, 0) is 38.2 Å². The highest BCUT2D eigenvalue weighted by Crippen LogP contribution is 2.18. The van der Waals surface area contributed by atoms with Crippen molar-refractivity contribution in [3.05, 3.63) is 29.3 Å². The van der Waals surface area contributed by atoms with Gasteiger partial charge < -0.3 is 10.0 Å². The number of benzene rings is 1. The zero-order valence-corrected chi connectivity index (χ0v) is 12.7. The minimum atomic E-state index is -3.69. The molecule has 0 aliphatic heterocycles. The van der Waals surface area contributed by atoms with Gasteiger partial charge in [0.05, 0.1) is 10.5 Å². The van der Waals surface area contributed by atoms with Crippen molar-refractivity contribution in [3.63, 3.8) is 0 Å². The maximum absolute atomic E-state index is 12.2. The molecule has 0 heterocycles. The quantitative estimate of drug-likeness (QED) is 0.777. The number of nitrogens with zero attached hydrogens (tertiary/aromatic N) is 1. The molecule has 0 aliphatic carbocycles. The van der Waals surface area contributed by atoms with Gasteiger partial charge in [-0.25, -0.2) is 17.9 Å². The van der Waals surface area contributed by atoms with E-state index in [0.29, 0.717) is 18.5 Å². The van der Waals surface area contributed by atoms with Crippen LogP contribution in [0, 0.1) is 0 Å². The van der Waals surface area contributed by atoms with Crippen LogP contribution in [0.1, 0.15) is 22.8 Å². The van der Waals surface area contributed by atoms with E-state index in [9.17, 15) is 13.2 Å². The second kappa shape index (κ2) is 6.83. The first-order valence-corrected chi connectivity index (χ1v) is 7.77. The molecule has 0 amide bonds. The summed E-state index contributed by atoms with van der Waals surface area (Å²) >= 11 is 0. The van der Waals surface area contributed by atoms with E-state index in [1.807, 2.05) is 25.9 Å². The summed E-state index contributed by atoms with van der Waals surface area (Å²) in [7, 11) is -0.00658. The van der Waals surface area contributed by atoms with Gasteiger partial charge in [0.15, 0.2) is 0 Å². The smallest absolute Gasteiger partial charge is 0.335 e. The molecule has 1 aromatic carbocycles. The highest BCUT2D eigenvalue weighted by Gasteiger charge is 2.19. The summed E-state index contributed by atoms with van der Waals surface area (Å²) in [5.41, 5.74) is 0.572. The zero-order valence-electron chi connectivity index (χ0n) is 11.9. The van der Waals surface area contributed by atoms with Crippen molar-refractivity contribution in [2.24, 2.45) is 0 Å². The monoisotopic (exact) mass is 300 g/mol. The zero-order chi connectivity index (χ0) is 15.3. The Morgan fingerprint density at radius 2 is 2.00 bits per heavy atom. The van der Waals surface area contributed by atoms with Crippen LogP contribution < -0.4 is 4.72 Å². The fourth-order valence-corrected chi connectivity index (χ4v) is 3.07. The topological polar surface area (TPSA) is 86.7 Å². The molecular weight excluding hydrogens is 280 g/mol. The highest BCUT2D eigenvalue weighted by molar-refractivity contribution is 7.89. The van der Waals surface area contributed by atoms with Crippen LogP contribution >= 0.6 is 0 Å². The largest absolute Gasteiger partial charge is 0.478 e. The molecule has 6 nitrogen and oxygen atoms in total. The van der Waals surface area contributed by atoms with Crippen LogP contribution in [0.25, 0.3) is 0 Å². The number of rotatable bonds is 7. The third kappa shape index (κ3) is 4.29. The summed E-state index contributed by atoms with van der Waals surface area (Å²) in [6.45, 7) is 2.67. The fourth-order valence-electron chi connectivity index (χ4n) is 1.71. The van der Waals surface area contributed by atoms with E-state index >= 15 is 0 Å². The van der Waals surface area contributed by atoms with Crippen molar-refractivity contribution in [1.82, 2.24) is 9.62 Å². The van der Waals surface area contributed by atoms with Gasteiger partial charge in [0.2, 0.25) is 10.0 Å². The van der Waals surface area contributed by atoms with Gasteiger partial charge in [0, 0.05) is 13.1 Å². The van der Waals surface area contributed by atoms with E-state index in [-0.39, 0.29) is 17.0 Å². The van der Waals surface area contributed by atoms with E-state index in [0.717, 1.165) is 0 Å². The summed E-state index contributed by atoms with van der Waals surface area (Å²) in [5, 5.41) is 8.97. The fraction of sp³-hybridized carbons (Fsp3) is 0.462. The van der Waals surface area contributed by atoms with Gasteiger partial charge in [0.1, 0.15) is 0 Å². The first-order chi connectivity index (χ1) is 9.27. The number of carbonyl (C=O) groups is 1. The molecule has 2 N–H and O–H groups in total. The SMILES string of the molecule is CCc1ccc(C(=O)O)cc1S(=O)(=O)NCCN(C)C. The average molecular weight is 300 g/mol. The third-order valence-electron chi connectivity index (χ3n) is 2.84. The van der Waals surface area contributed by atoms with Crippen LogP contribution in [-0.4, -0.2) is 51.6 Å². The first-order valence-electron chi connectivity index (χ1n) is 6.28. The molecule has 0 spiro atoms. The van der Waals surface area contributed by atoms with Crippen LogP contribution in [0.4, 0.5) is 0 Å². The standard InChI is InChI=1S/C13H20N2O4S/c1-4-10-5-6-11(13(16)17)9-12(10)20(18,19)14-7-8-15(2)3/h5-6,9,14H,4,7-8H2,1-3H3,(H,16,17). The molecule has 0 atom stereocenters. The molecule has 112 valence electrons. The van der Waals surface area contributed by atoms with Crippen LogP contribution in [0.2, 0.25) is 0 Å². The van der Waals surface area contributed by atoms with E-state index in [1.54, 1.807) is 6.07 Å². The van der Waals surface area contributed by atoms with E-state index in [2.05, 4.69) is 4.72 Å². The molecule has 0 aliphatic rings. The lowest BCUT2D eigenvalue weighted by molar-refractivity contribution is 0.0696. The van der Waals surface area contributed by atoms with E-state index in [4.69, 9.17) is 5.11 Å². The minimum Gasteiger partial charge on any atom is -0.478 e. The number of likely N-dealkylation sites (N-methyl/N-ethyl adjacent to an activating group) is 1. The number of aryl methyl sites for hydroxylation is 1. The molecule has 0 saturated heterocycles. The minimum absolute atomic E-state index is 0.0322. The van der Waals surface area contributed by atoms with Gasteiger partial charge in [0.25, 0.3) is 0 Å². The molecule has 0 bridgehead atoms. The number of aromatic carboxylic acids is 1. The Bertz CT molecular complexity index is 582. The summed E-state index contributed by atoms with van der Waals surface area (Å²) < 4.78 is 27.0. The number of carboxylic acids is 1. The number of sulfonamides is 1. The summed E-state index contributed by atoms with van der Waals surface area (Å²) in [6, 6.07) is 4.17. The van der Waals surface area contributed by atoms with Crippen molar-refractivity contribution >= 4 is 16.0 Å².